The van der Waals surface area contributed by atoms with E-state index in [1.165, 1.54) is 0 Å². The van der Waals surface area contributed by atoms with E-state index in [1.807, 2.05) is 6.07 Å². The highest BCUT2D eigenvalue weighted by Crippen LogP contribution is 2.33. The van der Waals surface area contributed by atoms with Crippen molar-refractivity contribution < 1.29 is 14.7 Å². The minimum Gasteiger partial charge on any atom is -0.492 e. The maximum absolute atomic E-state index is 11.3. The first-order valence-corrected chi connectivity index (χ1v) is 5.60. The molecule has 5 heteroatoms. The summed E-state index contributed by atoms with van der Waals surface area (Å²) in [7, 11) is 0. The van der Waals surface area contributed by atoms with Crippen molar-refractivity contribution in [3.63, 3.8) is 0 Å². The fourth-order valence-electron chi connectivity index (χ4n) is 1.76. The van der Waals surface area contributed by atoms with Gasteiger partial charge in [0.2, 0.25) is 0 Å². The van der Waals surface area contributed by atoms with Gasteiger partial charge in [-0.05, 0) is 18.6 Å². The molecule has 1 heterocycles. The molecule has 1 amide bonds. The average Bonchev–Trinajstić information content (AvgIpc) is 2.31. The lowest BCUT2D eigenvalue weighted by atomic mass is 10.0. The summed E-state index contributed by atoms with van der Waals surface area (Å²) in [6.07, 6.45) is 0.883. The predicted octanol–water partition coefficient (Wildman–Crippen LogP) is 1.97. The number of ether oxygens (including phenoxy) is 1. The van der Waals surface area contributed by atoms with Gasteiger partial charge in [-0.1, -0.05) is 6.07 Å². The predicted molar refractivity (Wildman–Crippen MR) is 60.3 cm³/mol. The number of halogens is 1. The maximum Gasteiger partial charge on any atom is 0.251 e. The van der Waals surface area contributed by atoms with Crippen LogP contribution < -0.4 is 9.80 Å². The second-order valence-corrected chi connectivity index (χ2v) is 3.87. The van der Waals surface area contributed by atoms with E-state index in [4.69, 9.17) is 16.3 Å². The van der Waals surface area contributed by atoms with Gasteiger partial charge >= 0.3 is 0 Å². The zero-order valence-corrected chi connectivity index (χ0v) is 9.41. The normalized spacial score (nSPS) is 14.9. The second-order valence-electron chi connectivity index (χ2n) is 3.50. The maximum atomic E-state index is 11.3. The molecule has 0 fully saturated rings. The number of amides is 1. The number of carbonyl (C=O) groups is 1. The van der Waals surface area contributed by atoms with Gasteiger partial charge < -0.3 is 4.74 Å². The van der Waals surface area contributed by atoms with Gasteiger partial charge in [0.25, 0.3) is 5.91 Å². The SMILES string of the molecule is O=C1CCc2c(OCCCl)cccc2N1O. The Morgan fingerprint density at radius 1 is 1.44 bits per heavy atom. The van der Waals surface area contributed by atoms with E-state index in [2.05, 4.69) is 0 Å². The zero-order chi connectivity index (χ0) is 11.5. The number of fused-ring (bicyclic) bond motifs is 1. The first kappa shape index (κ1) is 11.2. The number of benzene rings is 1. The minimum atomic E-state index is -0.290. The number of anilines is 1. The van der Waals surface area contributed by atoms with Gasteiger partial charge in [-0.25, -0.2) is 0 Å². The lowest BCUT2D eigenvalue weighted by Gasteiger charge is -2.25. The van der Waals surface area contributed by atoms with Gasteiger partial charge in [0.1, 0.15) is 12.4 Å². The molecule has 0 saturated carbocycles. The highest BCUT2D eigenvalue weighted by atomic mass is 35.5. The van der Waals surface area contributed by atoms with Crippen LogP contribution in [0.1, 0.15) is 12.0 Å². The van der Waals surface area contributed by atoms with Gasteiger partial charge in [-0.15, -0.1) is 11.6 Å². The molecule has 0 unspecified atom stereocenters. The highest BCUT2D eigenvalue weighted by Gasteiger charge is 2.25. The summed E-state index contributed by atoms with van der Waals surface area (Å²) in [5.41, 5.74) is 1.36. The van der Waals surface area contributed by atoms with E-state index in [0.717, 1.165) is 5.56 Å². The smallest absolute Gasteiger partial charge is 0.251 e. The summed E-state index contributed by atoms with van der Waals surface area (Å²) in [5.74, 6) is 0.803. The lowest BCUT2D eigenvalue weighted by molar-refractivity contribution is -0.124. The van der Waals surface area contributed by atoms with Crippen LogP contribution in [0.4, 0.5) is 5.69 Å². The Kier molecular flexibility index (Phi) is 3.31. The van der Waals surface area contributed by atoms with Gasteiger partial charge in [0, 0.05) is 12.0 Å². The van der Waals surface area contributed by atoms with Crippen molar-refractivity contribution in [2.75, 3.05) is 17.6 Å². The standard InChI is InChI=1S/C11H12ClNO3/c12-6-7-16-10-3-1-2-9-8(10)4-5-11(14)13(9)15/h1-3,15H,4-7H2. The topological polar surface area (TPSA) is 49.8 Å². The largest absolute Gasteiger partial charge is 0.492 e. The van der Waals surface area contributed by atoms with E-state index < -0.39 is 0 Å². The molecule has 0 saturated heterocycles. The summed E-state index contributed by atoms with van der Waals surface area (Å²) in [4.78, 5) is 11.3. The molecule has 1 aliphatic heterocycles. The number of hydrogen-bond acceptors (Lipinski definition) is 3. The fourth-order valence-corrected chi connectivity index (χ4v) is 1.84. The van der Waals surface area contributed by atoms with Crippen LogP contribution in [0.2, 0.25) is 0 Å². The van der Waals surface area contributed by atoms with Gasteiger partial charge in [-0.3, -0.25) is 10.0 Å². The van der Waals surface area contributed by atoms with Crippen molar-refractivity contribution in [1.29, 1.82) is 0 Å². The molecule has 1 N–H and O–H groups in total. The van der Waals surface area contributed by atoms with Crippen LogP contribution in [0.5, 0.6) is 5.75 Å². The van der Waals surface area contributed by atoms with Crippen molar-refractivity contribution in [3.05, 3.63) is 23.8 Å². The van der Waals surface area contributed by atoms with E-state index in [0.29, 0.717) is 41.8 Å². The summed E-state index contributed by atoms with van der Waals surface area (Å²) in [5, 5.41) is 10.3. The third kappa shape index (κ3) is 1.99. The van der Waals surface area contributed by atoms with Crippen LogP contribution in [0.25, 0.3) is 0 Å². The van der Waals surface area contributed by atoms with Crippen molar-refractivity contribution in [2.45, 2.75) is 12.8 Å². The highest BCUT2D eigenvalue weighted by molar-refractivity contribution is 6.18. The molecule has 1 aliphatic rings. The number of nitrogens with zero attached hydrogens (tertiary/aromatic N) is 1. The molecule has 0 atom stereocenters. The summed E-state index contributed by atoms with van der Waals surface area (Å²) in [6.45, 7) is 0.414. The molecule has 1 aromatic rings. The monoisotopic (exact) mass is 241 g/mol. The van der Waals surface area contributed by atoms with E-state index >= 15 is 0 Å². The molecule has 86 valence electrons. The van der Waals surface area contributed by atoms with Crippen LogP contribution in [-0.2, 0) is 11.2 Å². The minimum absolute atomic E-state index is 0.290. The Bertz CT molecular complexity index is 408. The third-order valence-corrected chi connectivity index (χ3v) is 2.65. The van der Waals surface area contributed by atoms with E-state index in [-0.39, 0.29) is 5.91 Å². The van der Waals surface area contributed by atoms with E-state index in [1.54, 1.807) is 12.1 Å². The molecule has 0 spiro atoms. The van der Waals surface area contributed by atoms with Crippen molar-refractivity contribution in [2.24, 2.45) is 0 Å². The zero-order valence-electron chi connectivity index (χ0n) is 8.65. The van der Waals surface area contributed by atoms with Gasteiger partial charge in [-0.2, -0.15) is 5.06 Å². The summed E-state index contributed by atoms with van der Waals surface area (Å²) >= 11 is 5.55. The van der Waals surface area contributed by atoms with Gasteiger partial charge in [0.05, 0.1) is 11.6 Å². The number of alkyl halides is 1. The number of carbonyl (C=O) groups excluding carboxylic acids is 1. The fraction of sp³-hybridized carbons (Fsp3) is 0.364. The third-order valence-electron chi connectivity index (χ3n) is 2.50. The first-order chi connectivity index (χ1) is 7.74. The summed E-state index contributed by atoms with van der Waals surface area (Å²) < 4.78 is 5.46. The van der Waals surface area contributed by atoms with Crippen LogP contribution in [0.15, 0.2) is 18.2 Å². The van der Waals surface area contributed by atoms with Crippen LogP contribution in [0.3, 0.4) is 0 Å². The lowest BCUT2D eigenvalue weighted by Crippen LogP contribution is -2.31. The molecule has 0 aliphatic carbocycles. The molecule has 2 rings (SSSR count). The van der Waals surface area contributed by atoms with Crippen LogP contribution in [0, 0.1) is 0 Å². The van der Waals surface area contributed by atoms with Crippen molar-refractivity contribution >= 4 is 23.2 Å². The number of hydrogen-bond donors (Lipinski definition) is 1. The summed E-state index contributed by atoms with van der Waals surface area (Å²) in [6, 6.07) is 5.25. The molecule has 0 bridgehead atoms. The Balaban J connectivity index is 2.33. The Morgan fingerprint density at radius 3 is 3.00 bits per heavy atom. The number of rotatable bonds is 3. The number of hydroxylamine groups is 1. The average molecular weight is 242 g/mol. The molecule has 4 nitrogen and oxygen atoms in total. The molecular formula is C11H12ClNO3. The Hall–Kier alpha value is -1.26. The quantitative estimate of drug-likeness (QED) is 0.650. The molecule has 1 aromatic carbocycles. The first-order valence-electron chi connectivity index (χ1n) is 5.06. The second kappa shape index (κ2) is 4.72. The molecule has 0 aromatic heterocycles. The van der Waals surface area contributed by atoms with E-state index in [9.17, 15) is 10.0 Å². The Labute approximate surface area is 98.3 Å². The molecule has 16 heavy (non-hydrogen) atoms. The molecular weight excluding hydrogens is 230 g/mol. The van der Waals surface area contributed by atoms with Crippen molar-refractivity contribution in [1.82, 2.24) is 0 Å². The van der Waals surface area contributed by atoms with Crippen LogP contribution in [-0.4, -0.2) is 23.6 Å². The van der Waals surface area contributed by atoms with Gasteiger partial charge in [0.15, 0.2) is 0 Å². The van der Waals surface area contributed by atoms with Crippen molar-refractivity contribution in [3.8, 4) is 5.75 Å². The van der Waals surface area contributed by atoms with Crippen LogP contribution >= 0.6 is 11.6 Å². The molecule has 0 radical (unpaired) electrons. The Morgan fingerprint density at radius 2 is 2.25 bits per heavy atom.